The molecule has 2 heterocycles. The molecule has 0 atom stereocenters. The van der Waals surface area contributed by atoms with Crippen LogP contribution in [0.3, 0.4) is 0 Å². The molecule has 2 aromatic heterocycles. The molecule has 160 valence electrons. The lowest BCUT2D eigenvalue weighted by Crippen LogP contribution is -2.15. The van der Waals surface area contributed by atoms with Crippen LogP contribution in [0.25, 0.3) is 11.0 Å². The maximum absolute atomic E-state index is 12.9. The summed E-state index contributed by atoms with van der Waals surface area (Å²) in [5.74, 6) is 1.36. The highest BCUT2D eigenvalue weighted by atomic mass is 32.2. The first kappa shape index (κ1) is 20.4. The molecule has 0 radical (unpaired) electrons. The zero-order valence-electron chi connectivity index (χ0n) is 17.0. The predicted octanol–water partition coefficient (Wildman–Crippen LogP) is 2.92. The summed E-state index contributed by atoms with van der Waals surface area (Å²) in [6.45, 7) is 0. The molecule has 10 nitrogen and oxygen atoms in total. The summed E-state index contributed by atoms with van der Waals surface area (Å²) in [6, 6.07) is 12.4. The Hall–Kier alpha value is -3.86. The number of fused-ring (bicyclic) bond motifs is 1. The topological polar surface area (TPSA) is 120 Å². The Balaban J connectivity index is 1.81. The number of rotatable bonds is 7. The van der Waals surface area contributed by atoms with Crippen molar-refractivity contribution in [2.24, 2.45) is 7.05 Å². The smallest absolute Gasteiger partial charge is 0.266 e. The number of aromatic nitrogens is 4. The van der Waals surface area contributed by atoms with Crippen LogP contribution in [-0.2, 0) is 17.1 Å². The molecule has 0 fully saturated rings. The van der Waals surface area contributed by atoms with Crippen molar-refractivity contribution in [2.45, 2.75) is 4.90 Å². The van der Waals surface area contributed by atoms with E-state index in [1.165, 1.54) is 24.2 Å². The summed E-state index contributed by atoms with van der Waals surface area (Å²) < 4.78 is 40.3. The van der Waals surface area contributed by atoms with Crippen molar-refractivity contribution in [3.63, 3.8) is 0 Å². The van der Waals surface area contributed by atoms with Gasteiger partial charge in [-0.1, -0.05) is 12.1 Å². The minimum atomic E-state index is -3.94. The van der Waals surface area contributed by atoms with Gasteiger partial charge in [-0.15, -0.1) is 0 Å². The number of anilines is 3. The van der Waals surface area contributed by atoms with Gasteiger partial charge in [-0.2, -0.15) is 5.10 Å². The van der Waals surface area contributed by atoms with Gasteiger partial charge in [0, 0.05) is 19.3 Å². The van der Waals surface area contributed by atoms with Gasteiger partial charge in [-0.05, 0) is 24.3 Å². The Morgan fingerprint density at radius 1 is 0.968 bits per heavy atom. The van der Waals surface area contributed by atoms with Crippen LogP contribution in [0.4, 0.5) is 17.3 Å². The molecule has 0 amide bonds. The van der Waals surface area contributed by atoms with Crippen LogP contribution in [0.15, 0.2) is 59.8 Å². The number of nitrogens with one attached hydrogen (secondary N) is 2. The summed E-state index contributed by atoms with van der Waals surface area (Å²) >= 11 is 0. The average Bonchev–Trinajstić information content (AvgIpc) is 3.21. The Labute approximate surface area is 178 Å². The molecule has 11 heteroatoms. The van der Waals surface area contributed by atoms with E-state index in [9.17, 15) is 8.42 Å². The van der Waals surface area contributed by atoms with Crippen molar-refractivity contribution in [2.75, 3.05) is 24.3 Å². The molecule has 0 saturated heterocycles. The minimum Gasteiger partial charge on any atom is -0.497 e. The fourth-order valence-electron chi connectivity index (χ4n) is 2.92. The molecule has 4 rings (SSSR count). The normalized spacial score (nSPS) is 11.3. The van der Waals surface area contributed by atoms with E-state index >= 15 is 0 Å². The first-order valence-electron chi connectivity index (χ1n) is 9.17. The lowest BCUT2D eigenvalue weighted by atomic mass is 10.2. The number of para-hydroxylation sites is 2. The summed E-state index contributed by atoms with van der Waals surface area (Å²) in [4.78, 5) is 9.05. The van der Waals surface area contributed by atoms with Crippen molar-refractivity contribution >= 4 is 38.4 Å². The second kappa shape index (κ2) is 8.11. The lowest BCUT2D eigenvalue weighted by Gasteiger charge is -2.15. The van der Waals surface area contributed by atoms with Gasteiger partial charge in [0.2, 0.25) is 0 Å². The highest BCUT2D eigenvalue weighted by molar-refractivity contribution is 7.92. The molecule has 0 saturated carbocycles. The van der Waals surface area contributed by atoms with Crippen LogP contribution < -0.4 is 19.5 Å². The van der Waals surface area contributed by atoms with Gasteiger partial charge in [0.05, 0.1) is 37.1 Å². The molecular weight excluding hydrogens is 420 g/mol. The van der Waals surface area contributed by atoms with Gasteiger partial charge in [0.1, 0.15) is 16.4 Å². The number of nitrogens with zero attached hydrogens (tertiary/aromatic N) is 4. The summed E-state index contributed by atoms with van der Waals surface area (Å²) in [5.41, 5.74) is 1.67. The first-order chi connectivity index (χ1) is 14.9. The number of aryl methyl sites for hydroxylation is 1. The van der Waals surface area contributed by atoms with Crippen LogP contribution in [0.2, 0.25) is 0 Å². The Morgan fingerprint density at radius 3 is 2.29 bits per heavy atom. The number of hydrogen-bond acceptors (Lipinski definition) is 8. The first-order valence-corrected chi connectivity index (χ1v) is 10.7. The van der Waals surface area contributed by atoms with Gasteiger partial charge in [0.25, 0.3) is 10.0 Å². The molecular formula is C20H20N6O4S. The summed E-state index contributed by atoms with van der Waals surface area (Å²) in [5, 5.41) is 7.03. The highest BCUT2D eigenvalue weighted by Gasteiger charge is 2.21. The Bertz CT molecular complexity index is 1350. The SMILES string of the molecule is COc1ccc(OC)c(Nc2nc3ccccc3nc2NS(=O)(=O)c2cnn(C)c2)c1. The zero-order valence-corrected chi connectivity index (χ0v) is 17.8. The molecule has 0 bridgehead atoms. The van der Waals surface area contributed by atoms with Gasteiger partial charge < -0.3 is 14.8 Å². The minimum absolute atomic E-state index is 0.00914. The van der Waals surface area contributed by atoms with E-state index in [1.807, 2.05) is 6.07 Å². The van der Waals surface area contributed by atoms with Crippen LogP contribution in [0.5, 0.6) is 11.5 Å². The van der Waals surface area contributed by atoms with Crippen LogP contribution in [0.1, 0.15) is 0 Å². The largest absolute Gasteiger partial charge is 0.497 e. The fraction of sp³-hybridized carbons (Fsp3) is 0.150. The van der Waals surface area contributed by atoms with Crippen LogP contribution >= 0.6 is 0 Å². The highest BCUT2D eigenvalue weighted by Crippen LogP contribution is 2.34. The van der Waals surface area contributed by atoms with Crippen molar-refractivity contribution in [1.82, 2.24) is 19.7 Å². The number of benzene rings is 2. The van der Waals surface area contributed by atoms with Gasteiger partial charge in [-0.25, -0.2) is 18.4 Å². The quantitative estimate of drug-likeness (QED) is 0.450. The standard InChI is InChI=1S/C20H20N6O4S/c1-26-12-14(11-21-26)31(27,28)25-20-19(22-15-6-4-5-7-16(15)23-20)24-17-10-13(29-2)8-9-18(17)30-3/h4-12H,1-3H3,(H,22,24)(H,23,25). The number of hydrogen-bond donors (Lipinski definition) is 2. The van der Waals surface area contributed by atoms with E-state index in [4.69, 9.17) is 9.47 Å². The van der Waals surface area contributed by atoms with E-state index in [1.54, 1.807) is 50.6 Å². The monoisotopic (exact) mass is 440 g/mol. The molecule has 0 aliphatic rings. The molecule has 0 aliphatic carbocycles. The lowest BCUT2D eigenvalue weighted by molar-refractivity contribution is 0.405. The number of ether oxygens (including phenoxy) is 2. The fourth-order valence-corrected chi connectivity index (χ4v) is 3.91. The molecule has 2 aromatic carbocycles. The van der Waals surface area contributed by atoms with E-state index in [-0.39, 0.29) is 16.5 Å². The molecule has 0 spiro atoms. The molecule has 0 aliphatic heterocycles. The van der Waals surface area contributed by atoms with Gasteiger partial charge in [-0.3, -0.25) is 9.40 Å². The maximum Gasteiger partial charge on any atom is 0.266 e. The van der Waals surface area contributed by atoms with Gasteiger partial charge in [0.15, 0.2) is 11.6 Å². The molecule has 31 heavy (non-hydrogen) atoms. The van der Waals surface area contributed by atoms with Crippen LogP contribution in [0, 0.1) is 0 Å². The second-order valence-electron chi connectivity index (χ2n) is 6.56. The molecule has 4 aromatic rings. The average molecular weight is 440 g/mol. The van der Waals surface area contributed by atoms with Crippen LogP contribution in [-0.4, -0.2) is 42.4 Å². The second-order valence-corrected chi connectivity index (χ2v) is 8.24. The van der Waals surface area contributed by atoms with E-state index in [0.29, 0.717) is 28.2 Å². The van der Waals surface area contributed by atoms with E-state index in [2.05, 4.69) is 25.1 Å². The predicted molar refractivity (Wildman–Crippen MR) is 116 cm³/mol. The Morgan fingerprint density at radius 2 is 1.68 bits per heavy atom. The third-order valence-electron chi connectivity index (χ3n) is 4.45. The summed E-state index contributed by atoms with van der Waals surface area (Å²) in [6.07, 6.45) is 2.66. The maximum atomic E-state index is 12.9. The van der Waals surface area contributed by atoms with Crippen molar-refractivity contribution in [3.8, 4) is 11.5 Å². The third kappa shape index (κ3) is 4.21. The van der Waals surface area contributed by atoms with E-state index in [0.717, 1.165) is 0 Å². The Kier molecular flexibility index (Phi) is 5.34. The zero-order chi connectivity index (χ0) is 22.0. The number of sulfonamides is 1. The van der Waals surface area contributed by atoms with Crippen molar-refractivity contribution in [1.29, 1.82) is 0 Å². The van der Waals surface area contributed by atoms with Gasteiger partial charge >= 0.3 is 0 Å². The van der Waals surface area contributed by atoms with E-state index < -0.39 is 10.0 Å². The van der Waals surface area contributed by atoms with Crippen molar-refractivity contribution < 1.29 is 17.9 Å². The molecule has 0 unspecified atom stereocenters. The summed E-state index contributed by atoms with van der Waals surface area (Å²) in [7, 11) is 0.783. The number of methoxy groups -OCH3 is 2. The third-order valence-corrected chi connectivity index (χ3v) is 5.75. The molecule has 2 N–H and O–H groups in total. The van der Waals surface area contributed by atoms with Crippen molar-refractivity contribution in [3.05, 3.63) is 54.9 Å².